The maximum Gasteiger partial charge on any atom is 0.223 e. The molecule has 0 bridgehead atoms. The van der Waals surface area contributed by atoms with Crippen molar-refractivity contribution >= 4 is 5.91 Å². The lowest BCUT2D eigenvalue weighted by Crippen LogP contribution is -2.53. The van der Waals surface area contributed by atoms with E-state index >= 15 is 0 Å². The van der Waals surface area contributed by atoms with Crippen molar-refractivity contribution in [3.8, 4) is 0 Å². The molecule has 25 heavy (non-hydrogen) atoms. The van der Waals surface area contributed by atoms with E-state index in [4.69, 9.17) is 5.73 Å². The van der Waals surface area contributed by atoms with Crippen molar-refractivity contribution in [2.24, 2.45) is 11.7 Å². The zero-order valence-electron chi connectivity index (χ0n) is 15.5. The van der Waals surface area contributed by atoms with Gasteiger partial charge in [0.25, 0.3) is 0 Å². The van der Waals surface area contributed by atoms with Gasteiger partial charge in [-0.1, -0.05) is 49.6 Å². The van der Waals surface area contributed by atoms with Crippen LogP contribution < -0.4 is 16.4 Å². The molecule has 0 aliphatic heterocycles. The Kier molecular flexibility index (Phi) is 6.13. The minimum atomic E-state index is 0.0295. The van der Waals surface area contributed by atoms with Gasteiger partial charge in [0.05, 0.1) is 0 Å². The largest absolute Gasteiger partial charge is 0.354 e. The molecule has 4 N–H and O–H groups in total. The summed E-state index contributed by atoms with van der Waals surface area (Å²) in [7, 11) is 0. The number of carbonyl (C=O) groups excluding carboxylic acids is 1. The Bertz CT molecular complexity index is 554. The fourth-order valence-corrected chi connectivity index (χ4v) is 4.57. The Morgan fingerprint density at radius 3 is 2.60 bits per heavy atom. The van der Waals surface area contributed by atoms with E-state index in [2.05, 4.69) is 47.9 Å². The Morgan fingerprint density at radius 1 is 1.20 bits per heavy atom. The highest BCUT2D eigenvalue weighted by Crippen LogP contribution is 2.32. The third-order valence-corrected chi connectivity index (χ3v) is 6.07. The zero-order chi connectivity index (χ0) is 17.7. The summed E-state index contributed by atoms with van der Waals surface area (Å²) in [6.45, 7) is 2.95. The van der Waals surface area contributed by atoms with E-state index in [1.165, 1.54) is 18.4 Å². The molecular weight excluding hydrogens is 310 g/mol. The molecule has 0 saturated heterocycles. The molecule has 2 aliphatic carbocycles. The second-order valence-electron chi connectivity index (χ2n) is 8.11. The van der Waals surface area contributed by atoms with Crippen molar-refractivity contribution in [1.29, 1.82) is 0 Å². The monoisotopic (exact) mass is 343 g/mol. The molecule has 3 atom stereocenters. The standard InChI is InChI=1S/C21H33N3O/c1-16(17-8-3-2-4-9-17)24-21(12-5-6-13-21)15-23-20(25)18-10-7-11-19(22)14-18/h2-4,8-9,16,18-19,24H,5-7,10-15,22H2,1H3,(H,23,25). The summed E-state index contributed by atoms with van der Waals surface area (Å²) in [6.07, 6.45) is 8.70. The van der Waals surface area contributed by atoms with Gasteiger partial charge in [-0.2, -0.15) is 0 Å². The number of hydrogen-bond donors (Lipinski definition) is 3. The number of benzene rings is 1. The quantitative estimate of drug-likeness (QED) is 0.742. The second-order valence-corrected chi connectivity index (χ2v) is 8.11. The van der Waals surface area contributed by atoms with Crippen molar-refractivity contribution in [1.82, 2.24) is 10.6 Å². The molecule has 3 unspecified atom stereocenters. The highest BCUT2D eigenvalue weighted by Gasteiger charge is 2.36. The van der Waals surface area contributed by atoms with Crippen LogP contribution in [0.25, 0.3) is 0 Å². The normalized spacial score (nSPS) is 27.0. The Hall–Kier alpha value is -1.39. The van der Waals surface area contributed by atoms with Gasteiger partial charge in [0.2, 0.25) is 5.91 Å². The number of nitrogens with one attached hydrogen (secondary N) is 2. The Balaban J connectivity index is 1.58. The zero-order valence-corrected chi connectivity index (χ0v) is 15.5. The highest BCUT2D eigenvalue weighted by molar-refractivity contribution is 5.78. The number of amides is 1. The number of nitrogens with two attached hydrogens (primary N) is 1. The van der Waals surface area contributed by atoms with E-state index in [1.807, 2.05) is 0 Å². The van der Waals surface area contributed by atoms with Crippen LogP contribution in [0.4, 0.5) is 0 Å². The molecule has 1 aromatic rings. The van der Waals surface area contributed by atoms with Gasteiger partial charge < -0.3 is 16.4 Å². The molecule has 4 heteroatoms. The van der Waals surface area contributed by atoms with Crippen molar-refractivity contribution < 1.29 is 4.79 Å². The van der Waals surface area contributed by atoms with Gasteiger partial charge in [-0.3, -0.25) is 4.79 Å². The summed E-state index contributed by atoms with van der Waals surface area (Å²) in [5, 5.41) is 7.09. The molecule has 2 aliphatic rings. The van der Waals surface area contributed by atoms with Gasteiger partial charge in [0.15, 0.2) is 0 Å². The van der Waals surface area contributed by atoms with E-state index in [0.717, 1.165) is 45.1 Å². The predicted octanol–water partition coefficient (Wildman–Crippen LogP) is 3.28. The predicted molar refractivity (Wildman–Crippen MR) is 102 cm³/mol. The minimum absolute atomic E-state index is 0.0295. The van der Waals surface area contributed by atoms with Crippen LogP contribution in [0.15, 0.2) is 30.3 Å². The van der Waals surface area contributed by atoms with Crippen LogP contribution in [0, 0.1) is 5.92 Å². The molecule has 2 saturated carbocycles. The van der Waals surface area contributed by atoms with Crippen LogP contribution >= 0.6 is 0 Å². The summed E-state index contributed by atoms with van der Waals surface area (Å²) < 4.78 is 0. The molecule has 2 fully saturated rings. The number of hydrogen-bond acceptors (Lipinski definition) is 3. The average Bonchev–Trinajstić information content (AvgIpc) is 3.09. The molecule has 0 aromatic heterocycles. The van der Waals surface area contributed by atoms with Crippen LogP contribution in [0.1, 0.15) is 69.9 Å². The van der Waals surface area contributed by atoms with Gasteiger partial charge >= 0.3 is 0 Å². The highest BCUT2D eigenvalue weighted by atomic mass is 16.1. The van der Waals surface area contributed by atoms with E-state index in [-0.39, 0.29) is 23.4 Å². The molecule has 0 radical (unpaired) electrons. The van der Waals surface area contributed by atoms with E-state index < -0.39 is 0 Å². The van der Waals surface area contributed by atoms with Crippen LogP contribution in [-0.4, -0.2) is 24.0 Å². The maximum absolute atomic E-state index is 12.6. The third-order valence-electron chi connectivity index (χ3n) is 6.07. The first-order valence-electron chi connectivity index (χ1n) is 9.94. The SMILES string of the molecule is CC(NC1(CNC(=O)C2CCCC(N)C2)CCCC1)c1ccccc1. The Labute approximate surface area is 151 Å². The van der Waals surface area contributed by atoms with Crippen molar-refractivity contribution in [3.63, 3.8) is 0 Å². The summed E-state index contributed by atoms with van der Waals surface area (Å²) in [5.74, 6) is 0.310. The first-order chi connectivity index (χ1) is 12.1. The topological polar surface area (TPSA) is 67.1 Å². The molecule has 0 spiro atoms. The second kappa shape index (κ2) is 8.33. The molecule has 0 heterocycles. The van der Waals surface area contributed by atoms with Gasteiger partial charge in [-0.15, -0.1) is 0 Å². The van der Waals surface area contributed by atoms with Gasteiger partial charge in [0, 0.05) is 30.1 Å². The van der Waals surface area contributed by atoms with Gasteiger partial charge in [-0.05, 0) is 44.6 Å². The molecular formula is C21H33N3O. The lowest BCUT2D eigenvalue weighted by molar-refractivity contribution is -0.126. The van der Waals surface area contributed by atoms with Crippen LogP contribution in [-0.2, 0) is 4.79 Å². The van der Waals surface area contributed by atoms with Gasteiger partial charge in [-0.25, -0.2) is 0 Å². The van der Waals surface area contributed by atoms with E-state index in [1.54, 1.807) is 0 Å². The molecule has 4 nitrogen and oxygen atoms in total. The molecule has 1 amide bonds. The van der Waals surface area contributed by atoms with Crippen molar-refractivity contribution in [2.45, 2.75) is 75.9 Å². The van der Waals surface area contributed by atoms with Crippen molar-refractivity contribution in [2.75, 3.05) is 6.54 Å². The smallest absolute Gasteiger partial charge is 0.223 e. The number of carbonyl (C=O) groups is 1. The summed E-state index contributed by atoms with van der Waals surface area (Å²) in [4.78, 5) is 12.6. The fourth-order valence-electron chi connectivity index (χ4n) is 4.57. The Morgan fingerprint density at radius 2 is 1.92 bits per heavy atom. The third kappa shape index (κ3) is 4.83. The molecule has 3 rings (SSSR count). The first kappa shape index (κ1) is 18.4. The lowest BCUT2D eigenvalue weighted by atomic mass is 9.85. The van der Waals surface area contributed by atoms with Crippen LogP contribution in [0.3, 0.4) is 0 Å². The van der Waals surface area contributed by atoms with Crippen LogP contribution in [0.2, 0.25) is 0 Å². The molecule has 1 aromatic carbocycles. The first-order valence-corrected chi connectivity index (χ1v) is 9.94. The van der Waals surface area contributed by atoms with E-state index in [0.29, 0.717) is 6.04 Å². The molecule has 138 valence electrons. The number of rotatable bonds is 6. The van der Waals surface area contributed by atoms with Crippen molar-refractivity contribution in [3.05, 3.63) is 35.9 Å². The summed E-state index contributed by atoms with van der Waals surface area (Å²) >= 11 is 0. The lowest BCUT2D eigenvalue weighted by Gasteiger charge is -2.35. The maximum atomic E-state index is 12.6. The summed E-state index contributed by atoms with van der Waals surface area (Å²) in [6, 6.07) is 11.0. The fraction of sp³-hybridized carbons (Fsp3) is 0.667. The van der Waals surface area contributed by atoms with E-state index in [9.17, 15) is 4.79 Å². The minimum Gasteiger partial charge on any atom is -0.354 e. The van der Waals surface area contributed by atoms with Gasteiger partial charge in [0.1, 0.15) is 0 Å². The van der Waals surface area contributed by atoms with Crippen LogP contribution in [0.5, 0.6) is 0 Å². The summed E-state index contributed by atoms with van der Waals surface area (Å²) in [5.41, 5.74) is 7.38. The average molecular weight is 344 g/mol.